The van der Waals surface area contributed by atoms with Crippen LogP contribution in [0.1, 0.15) is 25.3 Å². The van der Waals surface area contributed by atoms with E-state index < -0.39 is 6.04 Å². The van der Waals surface area contributed by atoms with Crippen LogP contribution in [0.3, 0.4) is 0 Å². The maximum atomic E-state index is 12.6. The molecule has 4 rings (SSSR count). The molecule has 31 heavy (non-hydrogen) atoms. The average molecular weight is 462 g/mol. The lowest BCUT2D eigenvalue weighted by molar-refractivity contribution is -0.137. The molecule has 1 aromatic rings. The Morgan fingerprint density at radius 1 is 1.29 bits per heavy atom. The van der Waals surface area contributed by atoms with Crippen molar-refractivity contribution in [2.75, 3.05) is 26.0 Å². The number of rotatable bonds is 6. The monoisotopic (exact) mass is 461 g/mol. The quantitative estimate of drug-likeness (QED) is 0.650. The molecule has 3 saturated heterocycles. The van der Waals surface area contributed by atoms with E-state index in [0.29, 0.717) is 22.8 Å². The minimum absolute atomic E-state index is 0.00209. The van der Waals surface area contributed by atoms with Gasteiger partial charge in [-0.2, -0.15) is 0 Å². The summed E-state index contributed by atoms with van der Waals surface area (Å²) in [5.74, 6) is 0.645. The smallest absolute Gasteiger partial charge is 0.293 e. The normalized spacial score (nSPS) is 26.7. The topological polar surface area (TPSA) is 96.0 Å². The van der Waals surface area contributed by atoms with E-state index in [1.165, 1.54) is 0 Å². The SMILES string of the molecule is COc1ccc(/C=C2\SC(=O)N(CCNC(=O)[C@@H]3CS[C@@]4(C)CCC(=O)N34)C2=O)cc1. The number of fused-ring (bicyclic) bond motifs is 1. The maximum Gasteiger partial charge on any atom is 0.293 e. The zero-order valence-electron chi connectivity index (χ0n) is 17.3. The molecule has 0 aromatic heterocycles. The number of nitrogens with one attached hydrogen (secondary N) is 1. The van der Waals surface area contributed by atoms with Crippen LogP contribution in [-0.2, 0) is 14.4 Å². The number of imide groups is 1. The molecule has 0 aliphatic carbocycles. The molecule has 3 aliphatic rings. The summed E-state index contributed by atoms with van der Waals surface area (Å²) >= 11 is 2.51. The van der Waals surface area contributed by atoms with E-state index in [2.05, 4.69) is 5.32 Å². The third-order valence-corrected chi connectivity index (χ3v) is 8.08. The molecular formula is C21H23N3O5S2. The molecule has 0 radical (unpaired) electrons. The van der Waals surface area contributed by atoms with Crippen molar-refractivity contribution in [3.63, 3.8) is 0 Å². The molecule has 0 bridgehead atoms. The number of hydrogen-bond acceptors (Lipinski definition) is 7. The number of benzene rings is 1. The van der Waals surface area contributed by atoms with Crippen LogP contribution < -0.4 is 10.1 Å². The minimum atomic E-state index is -0.505. The Balaban J connectivity index is 1.33. The molecule has 1 N–H and O–H groups in total. The molecule has 164 valence electrons. The van der Waals surface area contributed by atoms with Crippen LogP contribution in [0.4, 0.5) is 4.79 Å². The third-order valence-electron chi connectivity index (χ3n) is 5.67. The van der Waals surface area contributed by atoms with Gasteiger partial charge in [0.15, 0.2) is 0 Å². The van der Waals surface area contributed by atoms with Gasteiger partial charge >= 0.3 is 0 Å². The summed E-state index contributed by atoms with van der Waals surface area (Å²) in [4.78, 5) is 52.6. The molecule has 1 aromatic carbocycles. The summed E-state index contributed by atoms with van der Waals surface area (Å²) in [6.07, 6.45) is 2.88. The molecule has 0 unspecified atom stereocenters. The predicted octanol–water partition coefficient (Wildman–Crippen LogP) is 2.30. The molecule has 0 saturated carbocycles. The zero-order valence-corrected chi connectivity index (χ0v) is 18.9. The van der Waals surface area contributed by atoms with Crippen LogP contribution in [0.5, 0.6) is 5.75 Å². The molecule has 8 nitrogen and oxygen atoms in total. The van der Waals surface area contributed by atoms with Crippen LogP contribution in [0.25, 0.3) is 6.08 Å². The van der Waals surface area contributed by atoms with Gasteiger partial charge < -0.3 is 15.0 Å². The fraction of sp³-hybridized carbons (Fsp3) is 0.429. The highest BCUT2D eigenvalue weighted by molar-refractivity contribution is 8.18. The van der Waals surface area contributed by atoms with E-state index >= 15 is 0 Å². The van der Waals surface area contributed by atoms with Crippen LogP contribution in [0, 0.1) is 0 Å². The summed E-state index contributed by atoms with van der Waals surface area (Å²) < 4.78 is 5.12. The van der Waals surface area contributed by atoms with Gasteiger partial charge in [0.1, 0.15) is 11.8 Å². The van der Waals surface area contributed by atoms with Crippen LogP contribution >= 0.6 is 23.5 Å². The highest BCUT2D eigenvalue weighted by atomic mass is 32.2. The Bertz CT molecular complexity index is 964. The van der Waals surface area contributed by atoms with Crippen molar-refractivity contribution in [1.29, 1.82) is 0 Å². The predicted molar refractivity (Wildman–Crippen MR) is 119 cm³/mol. The lowest BCUT2D eigenvalue weighted by Crippen LogP contribution is -2.51. The number of ether oxygens (including phenoxy) is 1. The van der Waals surface area contributed by atoms with E-state index in [9.17, 15) is 19.2 Å². The number of methoxy groups -OCH3 is 1. The number of thioether (sulfide) groups is 2. The Morgan fingerprint density at radius 3 is 2.74 bits per heavy atom. The van der Waals surface area contributed by atoms with E-state index in [-0.39, 0.29) is 40.9 Å². The van der Waals surface area contributed by atoms with Gasteiger partial charge in [-0.1, -0.05) is 12.1 Å². The van der Waals surface area contributed by atoms with Crippen molar-refractivity contribution in [2.45, 2.75) is 30.7 Å². The Morgan fingerprint density at radius 2 is 2.03 bits per heavy atom. The second kappa shape index (κ2) is 8.58. The van der Waals surface area contributed by atoms with Gasteiger partial charge in [-0.3, -0.25) is 24.1 Å². The van der Waals surface area contributed by atoms with Gasteiger partial charge in [-0.15, -0.1) is 11.8 Å². The summed E-state index contributed by atoms with van der Waals surface area (Å²) in [6, 6.07) is 6.67. The third kappa shape index (κ3) is 4.18. The highest BCUT2D eigenvalue weighted by Gasteiger charge is 2.52. The van der Waals surface area contributed by atoms with Crippen LogP contribution in [-0.4, -0.2) is 69.6 Å². The number of amides is 4. The summed E-state index contributed by atoms with van der Waals surface area (Å²) in [5.41, 5.74) is 0.789. The minimum Gasteiger partial charge on any atom is -0.497 e. The zero-order chi connectivity index (χ0) is 22.2. The largest absolute Gasteiger partial charge is 0.497 e. The lowest BCUT2D eigenvalue weighted by Gasteiger charge is -2.29. The number of carbonyl (C=O) groups excluding carboxylic acids is 4. The van der Waals surface area contributed by atoms with Gasteiger partial charge in [0, 0.05) is 25.3 Å². The first-order valence-corrected chi connectivity index (χ1v) is 11.8. The van der Waals surface area contributed by atoms with Crippen molar-refractivity contribution >= 4 is 52.6 Å². The van der Waals surface area contributed by atoms with Gasteiger partial charge in [-0.05, 0) is 48.9 Å². The lowest BCUT2D eigenvalue weighted by atomic mass is 10.2. The van der Waals surface area contributed by atoms with Gasteiger partial charge in [0.25, 0.3) is 11.1 Å². The fourth-order valence-electron chi connectivity index (χ4n) is 3.97. The second-order valence-corrected chi connectivity index (χ2v) is 10.2. The van der Waals surface area contributed by atoms with Crippen molar-refractivity contribution in [3.8, 4) is 5.75 Å². The summed E-state index contributed by atoms with van der Waals surface area (Å²) in [5, 5.41) is 2.42. The molecule has 3 fully saturated rings. The molecule has 10 heteroatoms. The van der Waals surface area contributed by atoms with E-state index in [1.54, 1.807) is 54.1 Å². The molecule has 3 heterocycles. The van der Waals surface area contributed by atoms with Crippen molar-refractivity contribution < 1.29 is 23.9 Å². The van der Waals surface area contributed by atoms with E-state index in [1.807, 2.05) is 6.92 Å². The number of hydrogen-bond donors (Lipinski definition) is 1. The first-order chi connectivity index (χ1) is 14.8. The van der Waals surface area contributed by atoms with Gasteiger partial charge in [0.2, 0.25) is 11.8 Å². The standard InChI is InChI=1S/C21H23N3O5S2/c1-21-8-7-17(25)24(21)15(12-30-21)18(26)22-9-10-23-19(27)16(31-20(23)28)11-13-3-5-14(29-2)6-4-13/h3-6,11,15H,7-10,12H2,1-2H3,(H,22,26)/b16-11-/t15-,21-/m0/s1. The average Bonchev–Trinajstić information content (AvgIpc) is 3.34. The second-order valence-electron chi connectivity index (χ2n) is 7.66. The molecule has 3 aliphatic heterocycles. The summed E-state index contributed by atoms with van der Waals surface area (Å²) in [7, 11) is 1.58. The molecule has 2 atom stereocenters. The molecule has 4 amide bonds. The Hall–Kier alpha value is -2.46. The number of nitrogens with zero attached hydrogens (tertiary/aromatic N) is 2. The first kappa shape index (κ1) is 21.8. The fourth-order valence-corrected chi connectivity index (χ4v) is 6.26. The summed E-state index contributed by atoms with van der Waals surface area (Å²) in [6.45, 7) is 2.22. The van der Waals surface area contributed by atoms with E-state index in [0.717, 1.165) is 28.6 Å². The van der Waals surface area contributed by atoms with Crippen molar-refractivity contribution in [3.05, 3.63) is 34.7 Å². The van der Waals surface area contributed by atoms with E-state index in [4.69, 9.17) is 4.74 Å². The Labute approximate surface area is 188 Å². The van der Waals surface area contributed by atoms with Crippen molar-refractivity contribution in [2.24, 2.45) is 0 Å². The van der Waals surface area contributed by atoms with Crippen LogP contribution in [0.15, 0.2) is 29.2 Å². The molecule has 0 spiro atoms. The first-order valence-electron chi connectivity index (χ1n) is 9.96. The maximum absolute atomic E-state index is 12.6. The van der Waals surface area contributed by atoms with Gasteiger partial charge in [-0.25, -0.2) is 0 Å². The highest BCUT2D eigenvalue weighted by Crippen LogP contribution is 2.47. The van der Waals surface area contributed by atoms with Crippen LogP contribution in [0.2, 0.25) is 0 Å². The number of carbonyl (C=O) groups is 4. The molecular weight excluding hydrogens is 438 g/mol. The van der Waals surface area contributed by atoms with Gasteiger partial charge in [0.05, 0.1) is 16.9 Å². The van der Waals surface area contributed by atoms with Crippen molar-refractivity contribution in [1.82, 2.24) is 15.1 Å². The Kier molecular flexibility index (Phi) is 6.02.